The maximum Gasteiger partial charge on any atom is 0.0375 e. The van der Waals surface area contributed by atoms with E-state index in [2.05, 4.69) is 36.3 Å². The maximum atomic E-state index is 4.21. The van der Waals surface area contributed by atoms with Crippen LogP contribution in [0, 0.1) is 6.92 Å². The highest BCUT2D eigenvalue weighted by atomic mass is 14.9. The van der Waals surface area contributed by atoms with E-state index in [0.717, 1.165) is 18.7 Å². The molecule has 0 saturated heterocycles. The van der Waals surface area contributed by atoms with Gasteiger partial charge in [0.2, 0.25) is 0 Å². The zero-order valence-corrected chi connectivity index (χ0v) is 9.38. The Hall–Kier alpha value is -0.890. The number of aromatic nitrogens is 1. The summed E-state index contributed by atoms with van der Waals surface area (Å²) in [6.07, 6.45) is 4.20. The molecule has 1 aromatic heterocycles. The lowest BCUT2D eigenvalue weighted by molar-refractivity contribution is 0.517. The highest BCUT2D eigenvalue weighted by Crippen LogP contribution is 2.16. The van der Waals surface area contributed by atoms with E-state index < -0.39 is 0 Å². The molecular weight excluding hydrogens is 172 g/mol. The van der Waals surface area contributed by atoms with E-state index in [4.69, 9.17) is 0 Å². The van der Waals surface area contributed by atoms with Gasteiger partial charge >= 0.3 is 0 Å². The molecule has 1 unspecified atom stereocenters. The fraction of sp³-hybridized carbons (Fsp3) is 0.583. The summed E-state index contributed by atoms with van der Waals surface area (Å²) in [7, 11) is 0. The van der Waals surface area contributed by atoms with Crippen molar-refractivity contribution in [1.29, 1.82) is 0 Å². The van der Waals surface area contributed by atoms with E-state index in [1.807, 2.05) is 13.1 Å². The molecule has 1 N–H and O–H groups in total. The molecule has 0 amide bonds. The molecule has 0 radical (unpaired) electrons. The molecule has 0 aliphatic heterocycles. The molecule has 1 atom stereocenters. The van der Waals surface area contributed by atoms with Crippen LogP contribution in [-0.2, 0) is 0 Å². The largest absolute Gasteiger partial charge is 0.310 e. The van der Waals surface area contributed by atoms with Crippen molar-refractivity contribution in [2.45, 2.75) is 39.7 Å². The van der Waals surface area contributed by atoms with Crippen molar-refractivity contribution in [1.82, 2.24) is 10.3 Å². The number of nitrogens with zero attached hydrogens (tertiary/aromatic N) is 1. The molecule has 2 nitrogen and oxygen atoms in total. The highest BCUT2D eigenvalue weighted by Gasteiger charge is 2.07. The first-order chi connectivity index (χ1) is 6.77. The fourth-order valence-corrected chi connectivity index (χ4v) is 1.60. The average molecular weight is 192 g/mol. The van der Waals surface area contributed by atoms with Crippen LogP contribution in [0.25, 0.3) is 0 Å². The minimum absolute atomic E-state index is 0.483. The standard InChI is InChI=1S/C12H20N2/c1-4-7-14-12(5-2)11-6-8-13-10(3)9-11/h6,8-9,12,14H,4-5,7H2,1-3H3. The Morgan fingerprint density at radius 1 is 1.43 bits per heavy atom. The fourth-order valence-electron chi connectivity index (χ4n) is 1.60. The van der Waals surface area contributed by atoms with Gasteiger partial charge in [-0.2, -0.15) is 0 Å². The number of hydrogen-bond donors (Lipinski definition) is 1. The van der Waals surface area contributed by atoms with E-state index >= 15 is 0 Å². The molecule has 0 bridgehead atoms. The molecule has 1 aromatic rings. The lowest BCUT2D eigenvalue weighted by Crippen LogP contribution is -2.21. The molecule has 0 spiro atoms. The van der Waals surface area contributed by atoms with E-state index in [-0.39, 0.29) is 0 Å². The predicted octanol–water partition coefficient (Wildman–Crippen LogP) is 2.84. The monoisotopic (exact) mass is 192 g/mol. The Kier molecular flexibility index (Phi) is 4.60. The molecule has 2 heteroatoms. The van der Waals surface area contributed by atoms with E-state index in [1.165, 1.54) is 12.0 Å². The summed E-state index contributed by atoms with van der Waals surface area (Å²) in [6.45, 7) is 7.52. The average Bonchev–Trinajstić information content (AvgIpc) is 2.19. The van der Waals surface area contributed by atoms with Gasteiger partial charge in [0, 0.05) is 17.9 Å². The zero-order chi connectivity index (χ0) is 10.4. The third-order valence-corrected chi connectivity index (χ3v) is 2.37. The Morgan fingerprint density at radius 2 is 2.21 bits per heavy atom. The highest BCUT2D eigenvalue weighted by molar-refractivity contribution is 5.19. The third-order valence-electron chi connectivity index (χ3n) is 2.37. The summed E-state index contributed by atoms with van der Waals surface area (Å²) >= 11 is 0. The van der Waals surface area contributed by atoms with Crippen LogP contribution in [0.15, 0.2) is 18.3 Å². The van der Waals surface area contributed by atoms with Crippen LogP contribution >= 0.6 is 0 Å². The summed E-state index contributed by atoms with van der Waals surface area (Å²) in [5.41, 5.74) is 2.45. The molecule has 14 heavy (non-hydrogen) atoms. The van der Waals surface area contributed by atoms with Crippen LogP contribution in [0.5, 0.6) is 0 Å². The van der Waals surface area contributed by atoms with Crippen molar-refractivity contribution in [3.05, 3.63) is 29.6 Å². The van der Waals surface area contributed by atoms with Gasteiger partial charge in [-0.3, -0.25) is 4.98 Å². The van der Waals surface area contributed by atoms with Crippen LogP contribution in [0.1, 0.15) is 44.0 Å². The van der Waals surface area contributed by atoms with E-state index in [1.54, 1.807) is 0 Å². The predicted molar refractivity (Wildman–Crippen MR) is 60.3 cm³/mol. The van der Waals surface area contributed by atoms with Crippen molar-refractivity contribution in [3.8, 4) is 0 Å². The molecule has 1 heterocycles. The summed E-state index contributed by atoms with van der Waals surface area (Å²) < 4.78 is 0. The van der Waals surface area contributed by atoms with Crippen LogP contribution in [0.2, 0.25) is 0 Å². The van der Waals surface area contributed by atoms with Crippen molar-refractivity contribution in [3.63, 3.8) is 0 Å². The Bertz CT molecular complexity index is 271. The zero-order valence-electron chi connectivity index (χ0n) is 9.38. The van der Waals surface area contributed by atoms with Crippen LogP contribution < -0.4 is 5.32 Å². The Labute approximate surface area is 86.8 Å². The summed E-state index contributed by atoms with van der Waals surface area (Å²) in [5, 5.41) is 3.53. The van der Waals surface area contributed by atoms with Gasteiger partial charge < -0.3 is 5.32 Å². The van der Waals surface area contributed by atoms with Gasteiger partial charge in [0.15, 0.2) is 0 Å². The maximum absolute atomic E-state index is 4.21. The van der Waals surface area contributed by atoms with Crippen molar-refractivity contribution < 1.29 is 0 Å². The normalized spacial score (nSPS) is 12.8. The van der Waals surface area contributed by atoms with Crippen molar-refractivity contribution >= 4 is 0 Å². The minimum Gasteiger partial charge on any atom is -0.310 e. The number of rotatable bonds is 5. The quantitative estimate of drug-likeness (QED) is 0.776. The number of pyridine rings is 1. The number of hydrogen-bond acceptors (Lipinski definition) is 2. The lowest BCUT2D eigenvalue weighted by Gasteiger charge is -2.17. The third kappa shape index (κ3) is 3.11. The topological polar surface area (TPSA) is 24.9 Å². The first-order valence-electron chi connectivity index (χ1n) is 5.43. The van der Waals surface area contributed by atoms with Gasteiger partial charge in [0.25, 0.3) is 0 Å². The Morgan fingerprint density at radius 3 is 2.79 bits per heavy atom. The van der Waals surface area contributed by atoms with Gasteiger partial charge in [0.1, 0.15) is 0 Å². The summed E-state index contributed by atoms with van der Waals surface area (Å²) in [5.74, 6) is 0. The van der Waals surface area contributed by atoms with E-state index in [0.29, 0.717) is 6.04 Å². The van der Waals surface area contributed by atoms with Crippen LogP contribution in [0.4, 0.5) is 0 Å². The van der Waals surface area contributed by atoms with Gasteiger partial charge in [0.05, 0.1) is 0 Å². The van der Waals surface area contributed by atoms with Gasteiger partial charge in [-0.1, -0.05) is 13.8 Å². The SMILES string of the molecule is CCCNC(CC)c1ccnc(C)c1. The van der Waals surface area contributed by atoms with Gasteiger partial charge in [-0.15, -0.1) is 0 Å². The van der Waals surface area contributed by atoms with E-state index in [9.17, 15) is 0 Å². The van der Waals surface area contributed by atoms with Crippen molar-refractivity contribution in [2.75, 3.05) is 6.54 Å². The van der Waals surface area contributed by atoms with Gasteiger partial charge in [-0.05, 0) is 44.0 Å². The second-order valence-corrected chi connectivity index (χ2v) is 3.65. The molecule has 0 aliphatic rings. The molecule has 0 saturated carbocycles. The van der Waals surface area contributed by atoms with Crippen LogP contribution in [-0.4, -0.2) is 11.5 Å². The summed E-state index contributed by atoms with van der Waals surface area (Å²) in [4.78, 5) is 4.21. The Balaban J connectivity index is 2.68. The lowest BCUT2D eigenvalue weighted by atomic mass is 10.1. The van der Waals surface area contributed by atoms with Crippen molar-refractivity contribution in [2.24, 2.45) is 0 Å². The molecule has 0 fully saturated rings. The minimum atomic E-state index is 0.483. The summed E-state index contributed by atoms with van der Waals surface area (Å²) in [6, 6.07) is 4.75. The molecule has 0 aromatic carbocycles. The van der Waals surface area contributed by atoms with Gasteiger partial charge in [-0.25, -0.2) is 0 Å². The van der Waals surface area contributed by atoms with Crippen LogP contribution in [0.3, 0.4) is 0 Å². The number of aryl methyl sites for hydroxylation is 1. The smallest absolute Gasteiger partial charge is 0.0375 e. The first kappa shape index (κ1) is 11.2. The second-order valence-electron chi connectivity index (χ2n) is 3.65. The number of nitrogens with one attached hydrogen (secondary N) is 1. The molecule has 1 rings (SSSR count). The molecule has 0 aliphatic carbocycles. The first-order valence-corrected chi connectivity index (χ1v) is 5.43. The second kappa shape index (κ2) is 5.76. The molecular formula is C12H20N2. The molecule has 78 valence electrons.